The molecule has 4 atom stereocenters. The largest absolute Gasteiger partial charge is 0.481 e. The Hall–Kier alpha value is -2.69. The highest BCUT2D eigenvalue weighted by molar-refractivity contribution is 5.93. The second-order valence-electron chi connectivity index (χ2n) is 5.98. The number of primary amides is 1. The van der Waals surface area contributed by atoms with Gasteiger partial charge >= 0.3 is 11.9 Å². The number of hydrogen-bond donors (Lipinski definition) is 6. The minimum absolute atomic E-state index is 0.00717. The summed E-state index contributed by atoms with van der Waals surface area (Å²) < 4.78 is 0. The van der Waals surface area contributed by atoms with Gasteiger partial charge in [0.1, 0.15) is 12.1 Å². The molecular formula is C15H26N4O7. The lowest BCUT2D eigenvalue weighted by molar-refractivity contribution is -0.147. The number of carbonyl (C=O) groups is 5. The third kappa shape index (κ3) is 8.42. The first kappa shape index (κ1) is 23.3. The van der Waals surface area contributed by atoms with Gasteiger partial charge in [-0.25, -0.2) is 4.79 Å². The Bertz CT molecular complexity index is 552. The normalized spacial score (nSPS) is 15.2. The maximum Gasteiger partial charge on any atom is 0.326 e. The number of rotatable bonds is 12. The summed E-state index contributed by atoms with van der Waals surface area (Å²) >= 11 is 0. The van der Waals surface area contributed by atoms with Gasteiger partial charge in [-0.3, -0.25) is 19.2 Å². The molecule has 0 aromatic carbocycles. The molecule has 0 aliphatic heterocycles. The monoisotopic (exact) mass is 374 g/mol. The van der Waals surface area contributed by atoms with Gasteiger partial charge in [0, 0.05) is 6.42 Å². The van der Waals surface area contributed by atoms with Crippen LogP contribution in [0.3, 0.4) is 0 Å². The molecule has 0 aliphatic rings. The molecule has 8 N–H and O–H groups in total. The number of carboxylic acid groups (broad SMARTS) is 2. The van der Waals surface area contributed by atoms with Crippen LogP contribution in [0, 0.1) is 5.92 Å². The molecule has 0 aromatic heterocycles. The fourth-order valence-electron chi connectivity index (χ4n) is 2.03. The summed E-state index contributed by atoms with van der Waals surface area (Å²) in [6, 6.07) is -3.81. The lowest BCUT2D eigenvalue weighted by atomic mass is 9.97. The molecule has 0 heterocycles. The maximum atomic E-state index is 12.4. The molecule has 0 radical (unpaired) electrons. The Balaban J connectivity index is 5.09. The molecule has 0 aromatic rings. The Morgan fingerprint density at radius 1 is 1.04 bits per heavy atom. The molecule has 3 amide bonds. The number of carbonyl (C=O) groups excluding carboxylic acids is 3. The van der Waals surface area contributed by atoms with E-state index < -0.39 is 54.2 Å². The van der Waals surface area contributed by atoms with Crippen molar-refractivity contribution in [1.29, 1.82) is 0 Å². The van der Waals surface area contributed by atoms with E-state index in [1.54, 1.807) is 13.8 Å². The highest BCUT2D eigenvalue weighted by Crippen LogP contribution is 2.10. The second kappa shape index (κ2) is 11.0. The summed E-state index contributed by atoms with van der Waals surface area (Å²) in [5.74, 6) is -5.42. The molecule has 0 aliphatic carbocycles. The average molecular weight is 374 g/mol. The molecule has 0 saturated carbocycles. The minimum atomic E-state index is -1.63. The minimum Gasteiger partial charge on any atom is -0.481 e. The average Bonchev–Trinajstić information content (AvgIpc) is 2.55. The van der Waals surface area contributed by atoms with Gasteiger partial charge in [-0.2, -0.15) is 0 Å². The summed E-state index contributed by atoms with van der Waals surface area (Å²) in [4.78, 5) is 57.0. The summed E-state index contributed by atoms with van der Waals surface area (Å²) in [6.45, 7) is 3.42. The molecule has 11 heteroatoms. The maximum absolute atomic E-state index is 12.4. The third-order valence-corrected chi connectivity index (χ3v) is 3.83. The van der Waals surface area contributed by atoms with Crippen LogP contribution in [0.1, 0.15) is 39.5 Å². The van der Waals surface area contributed by atoms with Crippen molar-refractivity contribution >= 4 is 29.7 Å². The van der Waals surface area contributed by atoms with E-state index in [9.17, 15) is 24.0 Å². The SMILES string of the molecule is CC[C@H](C)[C@H](NC(=O)[C@@H](N)CCC(N)=O)C(=O)N[C@@H](CC(=O)O)C(=O)O. The Morgan fingerprint density at radius 3 is 2.04 bits per heavy atom. The van der Waals surface area contributed by atoms with E-state index >= 15 is 0 Å². The van der Waals surface area contributed by atoms with E-state index in [0.717, 1.165) is 0 Å². The fourth-order valence-corrected chi connectivity index (χ4v) is 2.03. The predicted molar refractivity (Wildman–Crippen MR) is 89.6 cm³/mol. The predicted octanol–water partition coefficient (Wildman–Crippen LogP) is -1.85. The Morgan fingerprint density at radius 2 is 1.62 bits per heavy atom. The summed E-state index contributed by atoms with van der Waals surface area (Å²) in [7, 11) is 0. The molecular weight excluding hydrogens is 348 g/mol. The van der Waals surface area contributed by atoms with Crippen molar-refractivity contribution < 1.29 is 34.2 Å². The van der Waals surface area contributed by atoms with Crippen LogP contribution in [0.2, 0.25) is 0 Å². The number of nitrogens with two attached hydrogens (primary N) is 2. The zero-order chi connectivity index (χ0) is 20.4. The fraction of sp³-hybridized carbons (Fsp3) is 0.667. The summed E-state index contributed by atoms with van der Waals surface area (Å²) in [5, 5.41) is 22.3. The van der Waals surface area contributed by atoms with Gasteiger partial charge in [0.25, 0.3) is 0 Å². The van der Waals surface area contributed by atoms with Crippen molar-refractivity contribution in [3.8, 4) is 0 Å². The molecule has 0 rings (SSSR count). The van der Waals surface area contributed by atoms with Crippen molar-refractivity contribution in [2.45, 2.75) is 57.7 Å². The van der Waals surface area contributed by atoms with E-state index in [1.165, 1.54) is 0 Å². The highest BCUT2D eigenvalue weighted by atomic mass is 16.4. The van der Waals surface area contributed by atoms with Crippen LogP contribution in [0.4, 0.5) is 0 Å². The van der Waals surface area contributed by atoms with Crippen LogP contribution in [0.15, 0.2) is 0 Å². The van der Waals surface area contributed by atoms with Crippen molar-refractivity contribution in [2.75, 3.05) is 0 Å². The van der Waals surface area contributed by atoms with Crippen LogP contribution in [-0.4, -0.2) is 58.0 Å². The van der Waals surface area contributed by atoms with Gasteiger partial charge in [-0.05, 0) is 12.3 Å². The third-order valence-electron chi connectivity index (χ3n) is 3.83. The smallest absolute Gasteiger partial charge is 0.326 e. The van der Waals surface area contributed by atoms with Crippen LogP contribution in [0.25, 0.3) is 0 Å². The Labute approximate surface area is 150 Å². The lowest BCUT2D eigenvalue weighted by Gasteiger charge is -2.26. The van der Waals surface area contributed by atoms with Crippen molar-refractivity contribution in [3.63, 3.8) is 0 Å². The number of nitrogens with one attached hydrogen (secondary N) is 2. The number of hydrogen-bond acceptors (Lipinski definition) is 6. The van der Waals surface area contributed by atoms with E-state index in [-0.39, 0.29) is 18.8 Å². The van der Waals surface area contributed by atoms with E-state index in [2.05, 4.69) is 10.6 Å². The van der Waals surface area contributed by atoms with Crippen LogP contribution in [-0.2, 0) is 24.0 Å². The topological polar surface area (TPSA) is 202 Å². The first-order valence-electron chi connectivity index (χ1n) is 8.08. The Kier molecular flexibility index (Phi) is 9.89. The molecule has 11 nitrogen and oxygen atoms in total. The van der Waals surface area contributed by atoms with E-state index in [4.69, 9.17) is 21.7 Å². The quantitative estimate of drug-likeness (QED) is 0.228. The first-order chi connectivity index (χ1) is 12.0. The van der Waals surface area contributed by atoms with Crippen LogP contribution >= 0.6 is 0 Å². The molecule has 0 saturated heterocycles. The van der Waals surface area contributed by atoms with Crippen molar-refractivity contribution in [3.05, 3.63) is 0 Å². The van der Waals surface area contributed by atoms with Gasteiger partial charge < -0.3 is 32.3 Å². The highest BCUT2D eigenvalue weighted by Gasteiger charge is 2.31. The van der Waals surface area contributed by atoms with Crippen LogP contribution < -0.4 is 22.1 Å². The number of aliphatic carboxylic acids is 2. The molecule has 26 heavy (non-hydrogen) atoms. The van der Waals surface area contributed by atoms with E-state index in [1.807, 2.05) is 0 Å². The van der Waals surface area contributed by atoms with Crippen LogP contribution in [0.5, 0.6) is 0 Å². The van der Waals surface area contributed by atoms with Gasteiger partial charge in [0.15, 0.2) is 0 Å². The first-order valence-corrected chi connectivity index (χ1v) is 8.08. The van der Waals surface area contributed by atoms with Crippen molar-refractivity contribution in [1.82, 2.24) is 10.6 Å². The lowest BCUT2D eigenvalue weighted by Crippen LogP contribution is -2.56. The molecule has 0 fully saturated rings. The van der Waals surface area contributed by atoms with E-state index in [0.29, 0.717) is 6.42 Å². The number of carboxylic acids is 2. The molecule has 0 bridgehead atoms. The molecule has 0 unspecified atom stereocenters. The second-order valence-corrected chi connectivity index (χ2v) is 5.98. The van der Waals surface area contributed by atoms with Gasteiger partial charge in [0.2, 0.25) is 17.7 Å². The van der Waals surface area contributed by atoms with Gasteiger partial charge in [0.05, 0.1) is 12.5 Å². The molecule has 148 valence electrons. The zero-order valence-corrected chi connectivity index (χ0v) is 14.7. The van der Waals surface area contributed by atoms with Gasteiger partial charge in [-0.1, -0.05) is 20.3 Å². The van der Waals surface area contributed by atoms with Crippen molar-refractivity contribution in [2.24, 2.45) is 17.4 Å². The number of amides is 3. The van der Waals surface area contributed by atoms with Gasteiger partial charge in [-0.15, -0.1) is 0 Å². The molecule has 0 spiro atoms. The standard InChI is InChI=1S/C15H26N4O7/c1-3-7(2)12(19-13(23)8(16)4-5-10(17)20)14(24)18-9(15(25)26)6-11(21)22/h7-9,12H,3-6,16H2,1-2H3,(H2,17,20)(H,18,24)(H,19,23)(H,21,22)(H,25,26)/t7-,8-,9-,12-/m0/s1. The summed E-state index contributed by atoms with van der Waals surface area (Å²) in [6.07, 6.45) is -0.437. The summed E-state index contributed by atoms with van der Waals surface area (Å²) in [5.41, 5.74) is 10.6. The zero-order valence-electron chi connectivity index (χ0n) is 14.7.